The minimum absolute atomic E-state index is 0. The van der Waals surface area contributed by atoms with E-state index in [1.165, 1.54) is 18.3 Å². The Morgan fingerprint density at radius 3 is 2.65 bits per heavy atom. The number of rotatable bonds is 2. The van der Waals surface area contributed by atoms with E-state index < -0.39 is 5.97 Å². The number of nitrogens with zero attached hydrogens (tertiary/aromatic N) is 1. The molecule has 0 bridgehead atoms. The Balaban J connectivity index is 0.00000144. The van der Waals surface area contributed by atoms with Crippen molar-refractivity contribution in [2.24, 2.45) is 0 Å². The first-order chi connectivity index (χ1) is 7.66. The highest BCUT2D eigenvalue weighted by Crippen LogP contribution is 2.21. The molecule has 0 aliphatic carbocycles. The zero-order chi connectivity index (χ0) is 11.5. The first-order valence-corrected chi connectivity index (χ1v) is 5.00. The highest BCUT2D eigenvalue weighted by molar-refractivity contribution is 6.30. The molecule has 1 N–H and O–H groups in total. The predicted molar refractivity (Wildman–Crippen MR) is 68.9 cm³/mol. The third-order valence-electron chi connectivity index (χ3n) is 2.13. The van der Waals surface area contributed by atoms with Crippen LogP contribution in [0.25, 0.3) is 11.3 Å². The largest absolute Gasteiger partial charge is 0.478 e. The van der Waals surface area contributed by atoms with E-state index in [0.29, 0.717) is 10.7 Å². The summed E-state index contributed by atoms with van der Waals surface area (Å²) in [5, 5.41) is 9.45. The summed E-state index contributed by atoms with van der Waals surface area (Å²) in [5.41, 5.74) is 1.61. The Morgan fingerprint density at radius 1 is 1.24 bits per heavy atom. The van der Waals surface area contributed by atoms with Gasteiger partial charge >= 0.3 is 5.97 Å². The van der Waals surface area contributed by atoms with E-state index in [-0.39, 0.29) is 18.0 Å². The summed E-state index contributed by atoms with van der Waals surface area (Å²) < 4.78 is 0. The summed E-state index contributed by atoms with van der Waals surface area (Å²) in [6, 6.07) is 10.1. The van der Waals surface area contributed by atoms with E-state index in [1.54, 1.807) is 18.2 Å². The number of carboxylic acids is 1. The van der Waals surface area contributed by atoms with E-state index in [0.717, 1.165) is 5.56 Å². The van der Waals surface area contributed by atoms with Gasteiger partial charge in [0.25, 0.3) is 0 Å². The van der Waals surface area contributed by atoms with Crippen LogP contribution in [-0.4, -0.2) is 16.1 Å². The Bertz CT molecular complexity index is 544. The van der Waals surface area contributed by atoms with E-state index in [2.05, 4.69) is 4.98 Å². The number of aromatic carboxylic acids is 1. The molecule has 0 aliphatic rings. The van der Waals surface area contributed by atoms with Gasteiger partial charge in [-0.25, -0.2) is 4.79 Å². The molecule has 0 saturated carbocycles. The number of benzene rings is 1. The summed E-state index contributed by atoms with van der Waals surface area (Å²) in [6.07, 6.45) is 1.47. The maximum atomic E-state index is 10.8. The minimum Gasteiger partial charge on any atom is -0.478 e. The van der Waals surface area contributed by atoms with Crippen molar-refractivity contribution in [2.45, 2.75) is 0 Å². The summed E-state index contributed by atoms with van der Waals surface area (Å²) in [5.74, 6) is -0.967. The molecule has 1 aromatic carbocycles. The monoisotopic (exact) mass is 269 g/mol. The zero-order valence-electron chi connectivity index (χ0n) is 8.63. The number of halogens is 2. The molecule has 0 saturated heterocycles. The molecular weight excluding hydrogens is 261 g/mol. The summed E-state index contributed by atoms with van der Waals surface area (Å²) in [7, 11) is 0. The van der Waals surface area contributed by atoms with Crippen molar-refractivity contribution in [1.29, 1.82) is 0 Å². The van der Waals surface area contributed by atoms with Crippen molar-refractivity contribution < 1.29 is 9.90 Å². The second-order valence-corrected chi connectivity index (χ2v) is 3.68. The molecule has 0 amide bonds. The van der Waals surface area contributed by atoms with Crippen LogP contribution in [0, 0.1) is 0 Å². The number of carboxylic acid groups (broad SMARTS) is 1. The smallest absolute Gasteiger partial charge is 0.335 e. The van der Waals surface area contributed by atoms with Gasteiger partial charge in [-0.05, 0) is 24.3 Å². The second kappa shape index (κ2) is 5.66. The summed E-state index contributed by atoms with van der Waals surface area (Å²) >= 11 is 5.85. The highest BCUT2D eigenvalue weighted by atomic mass is 35.5. The fourth-order valence-electron chi connectivity index (χ4n) is 1.37. The first-order valence-electron chi connectivity index (χ1n) is 4.62. The molecule has 0 atom stereocenters. The summed E-state index contributed by atoms with van der Waals surface area (Å²) in [4.78, 5) is 14.9. The maximum absolute atomic E-state index is 10.8. The first kappa shape index (κ1) is 13.5. The predicted octanol–water partition coefficient (Wildman–Crippen LogP) is 3.52. The van der Waals surface area contributed by atoms with Crippen LogP contribution in [0.2, 0.25) is 5.02 Å². The van der Waals surface area contributed by atoms with Crippen LogP contribution in [0.3, 0.4) is 0 Å². The van der Waals surface area contributed by atoms with Gasteiger partial charge in [0.2, 0.25) is 0 Å². The topological polar surface area (TPSA) is 50.2 Å². The van der Waals surface area contributed by atoms with E-state index in [9.17, 15) is 4.79 Å². The van der Waals surface area contributed by atoms with Crippen molar-refractivity contribution in [1.82, 2.24) is 4.98 Å². The molecule has 0 fully saturated rings. The average molecular weight is 270 g/mol. The second-order valence-electron chi connectivity index (χ2n) is 3.25. The van der Waals surface area contributed by atoms with E-state index >= 15 is 0 Å². The number of pyridine rings is 1. The van der Waals surface area contributed by atoms with Gasteiger partial charge in [-0.1, -0.05) is 23.7 Å². The van der Waals surface area contributed by atoms with Gasteiger partial charge in [0, 0.05) is 16.8 Å². The molecular formula is C12H9Cl2NO2. The fourth-order valence-corrected chi connectivity index (χ4v) is 1.56. The molecule has 0 aliphatic heterocycles. The lowest BCUT2D eigenvalue weighted by Gasteiger charge is -2.02. The molecule has 5 heteroatoms. The van der Waals surface area contributed by atoms with Crippen LogP contribution >= 0.6 is 24.0 Å². The maximum Gasteiger partial charge on any atom is 0.335 e. The Labute approximate surface area is 109 Å². The molecule has 0 unspecified atom stereocenters. The van der Waals surface area contributed by atoms with Gasteiger partial charge in [0.1, 0.15) is 0 Å². The normalized spacial score (nSPS) is 9.47. The fraction of sp³-hybridized carbons (Fsp3) is 0. The summed E-state index contributed by atoms with van der Waals surface area (Å²) in [6.45, 7) is 0. The van der Waals surface area contributed by atoms with Gasteiger partial charge in [-0.2, -0.15) is 0 Å². The van der Waals surface area contributed by atoms with E-state index in [4.69, 9.17) is 16.7 Å². The van der Waals surface area contributed by atoms with Crippen molar-refractivity contribution in [3.63, 3.8) is 0 Å². The highest BCUT2D eigenvalue weighted by Gasteiger charge is 2.05. The van der Waals surface area contributed by atoms with Crippen molar-refractivity contribution in [3.05, 3.63) is 53.2 Å². The van der Waals surface area contributed by atoms with Gasteiger partial charge in [-0.15, -0.1) is 12.4 Å². The van der Waals surface area contributed by atoms with Crippen molar-refractivity contribution in [3.8, 4) is 11.3 Å². The van der Waals surface area contributed by atoms with E-state index in [1.807, 2.05) is 6.07 Å². The standard InChI is InChI=1S/C12H8ClNO2.ClH/c13-10-3-1-2-8(6-10)11-7-9(12(15)16)4-5-14-11;/h1-7H,(H,15,16);1H. The van der Waals surface area contributed by atoms with Crippen molar-refractivity contribution in [2.75, 3.05) is 0 Å². The van der Waals surface area contributed by atoms with Crippen LogP contribution in [0.4, 0.5) is 0 Å². The molecule has 17 heavy (non-hydrogen) atoms. The van der Waals surface area contributed by atoms with Crippen LogP contribution in [0.1, 0.15) is 10.4 Å². The van der Waals surface area contributed by atoms with Gasteiger partial charge in [-0.3, -0.25) is 4.98 Å². The third kappa shape index (κ3) is 3.19. The molecule has 0 radical (unpaired) electrons. The minimum atomic E-state index is -0.967. The number of aromatic nitrogens is 1. The lowest BCUT2D eigenvalue weighted by Crippen LogP contribution is -1.97. The molecule has 1 heterocycles. The Morgan fingerprint density at radius 2 is 2.00 bits per heavy atom. The van der Waals surface area contributed by atoms with Gasteiger partial charge < -0.3 is 5.11 Å². The lowest BCUT2D eigenvalue weighted by molar-refractivity contribution is 0.0697. The molecule has 2 aromatic rings. The van der Waals surface area contributed by atoms with Crippen LogP contribution < -0.4 is 0 Å². The van der Waals surface area contributed by atoms with Gasteiger partial charge in [0.15, 0.2) is 0 Å². The SMILES string of the molecule is Cl.O=C(O)c1ccnc(-c2cccc(Cl)c2)c1. The molecule has 88 valence electrons. The Kier molecular flexibility index (Phi) is 4.49. The van der Waals surface area contributed by atoms with Crippen LogP contribution in [-0.2, 0) is 0 Å². The quantitative estimate of drug-likeness (QED) is 0.908. The average Bonchev–Trinajstić information content (AvgIpc) is 2.29. The zero-order valence-corrected chi connectivity index (χ0v) is 10.2. The molecule has 0 spiro atoms. The Hall–Kier alpha value is -1.58. The van der Waals surface area contributed by atoms with Crippen LogP contribution in [0.15, 0.2) is 42.6 Å². The number of carbonyl (C=O) groups is 1. The van der Waals surface area contributed by atoms with Crippen molar-refractivity contribution >= 4 is 30.0 Å². The lowest BCUT2D eigenvalue weighted by atomic mass is 10.1. The van der Waals surface area contributed by atoms with Crippen LogP contribution in [0.5, 0.6) is 0 Å². The number of hydrogen-bond acceptors (Lipinski definition) is 2. The molecule has 2 rings (SSSR count). The molecule has 1 aromatic heterocycles. The third-order valence-corrected chi connectivity index (χ3v) is 2.36. The molecule has 3 nitrogen and oxygen atoms in total. The van der Waals surface area contributed by atoms with Gasteiger partial charge in [0.05, 0.1) is 11.3 Å². The number of hydrogen-bond donors (Lipinski definition) is 1.